The molecule has 0 aliphatic heterocycles. The van der Waals surface area contributed by atoms with Crippen LogP contribution >= 0.6 is 21.6 Å². The first-order valence-corrected chi connectivity index (χ1v) is 34.7. The van der Waals surface area contributed by atoms with Gasteiger partial charge in [0.25, 0.3) is 5.69 Å². The van der Waals surface area contributed by atoms with Gasteiger partial charge >= 0.3 is 5.97 Å². The lowest BCUT2D eigenvalue weighted by Crippen LogP contribution is -2.55. The Morgan fingerprint density at radius 3 is 1.57 bits per heavy atom. The summed E-state index contributed by atoms with van der Waals surface area (Å²) in [7, 11) is 2.96. The fourth-order valence-electron chi connectivity index (χ4n) is 8.74. The van der Waals surface area contributed by atoms with Gasteiger partial charge in [-0.2, -0.15) is 0 Å². The molecule has 562 valence electrons. The number of Topliss-reactive ketones (excluding diaryl/α,β-unsaturated/α-hetero) is 2. The van der Waals surface area contributed by atoms with Gasteiger partial charge in [-0.1, -0.05) is 52.9 Å². The summed E-state index contributed by atoms with van der Waals surface area (Å²) in [5.74, 6) is -12.0. The minimum Gasteiger partial charge on any atom is -0.493 e. The molecule has 1 unspecified atom stereocenters. The van der Waals surface area contributed by atoms with E-state index in [2.05, 4.69) is 73.2 Å². The highest BCUT2D eigenvalue weighted by Gasteiger charge is 2.30. The van der Waals surface area contributed by atoms with Crippen LogP contribution in [0.4, 0.5) is 5.69 Å². The second-order valence-electron chi connectivity index (χ2n) is 22.3. The number of azide groups is 1. The van der Waals surface area contributed by atoms with Gasteiger partial charge in [0.15, 0.2) is 29.2 Å². The van der Waals surface area contributed by atoms with E-state index in [0.29, 0.717) is 38.5 Å². The Morgan fingerprint density at radius 2 is 1.06 bits per heavy atom. The summed E-state index contributed by atoms with van der Waals surface area (Å²) in [5, 5.41) is 48.6. The number of nitrogens with zero attached hydrogens (tertiary/aromatic N) is 6. The molecule has 42 heteroatoms. The van der Waals surface area contributed by atoms with Gasteiger partial charge in [-0.3, -0.25) is 87.2 Å². The average Bonchev–Trinajstić information content (AvgIpc) is 0.813. The minimum atomic E-state index is -1.56. The van der Waals surface area contributed by atoms with Crippen molar-refractivity contribution in [2.75, 3.05) is 77.6 Å². The third-order valence-corrected chi connectivity index (χ3v) is 16.4. The lowest BCUT2D eigenvalue weighted by molar-refractivity contribution is -0.385. The zero-order chi connectivity index (χ0) is 75.7. The molecule has 1 aromatic rings. The van der Waals surface area contributed by atoms with Crippen molar-refractivity contribution < 1.29 is 86.6 Å². The Morgan fingerprint density at radius 1 is 0.554 bits per heavy atom. The molecule has 0 fully saturated rings. The third-order valence-electron chi connectivity index (χ3n) is 14.0. The van der Waals surface area contributed by atoms with Crippen molar-refractivity contribution in [1.82, 2.24) is 53.2 Å². The number of nitro groups is 1. The number of unbranched alkanes of at least 4 members (excludes halogenated alkanes) is 3. The zero-order valence-electron chi connectivity index (χ0n) is 56.7. The van der Waals surface area contributed by atoms with Crippen molar-refractivity contribution in [2.24, 2.45) is 43.8 Å². The van der Waals surface area contributed by atoms with Crippen LogP contribution in [-0.4, -0.2) is 212 Å². The molecule has 101 heavy (non-hydrogen) atoms. The molecule has 0 saturated carbocycles. The molecule has 21 N–H and O–H groups in total. The standard InChI is InChI=1S/C59H95N21O19S2/c1-4-5-19-47(84)74-39(17-10-23-67-58(61)62)54(92)71-32-51(88)77-41(55(93)70-29-48(85)66-22-12-21-52(89)90)33-100-101-34-42(76-49(86)30-69-46(83)20-13-26-99-45-28-43(80(96)97)37(35(2)81)27-44(45)98-3)56(94)72-31-50(87)75-40(18-11-24-68-59(63)64)57(95)78-38(53(60)91)16-8-6-7-14-36(82)15-9-25-73-79-65/h27-28,38-42H,4-26,29-34H2,1-3H3,(H2,60,91)(H,66,85)(H,69,83)(H,70,93)(H,71,92)(H,72,94)(H,74,84)(H,75,87)(H,76,86)(H,77,88)(H,78,95)(H,89,90)(H4,61,62,67)(H4,63,64,68)/t38-,39-,40-,41+,42?/m0/s1. The molecule has 0 spiro atoms. The molecule has 0 radical (unpaired) electrons. The number of nitrogens with two attached hydrogens (primary N) is 5. The third kappa shape index (κ3) is 41.7. The number of carbonyl (C=O) groups is 14. The monoisotopic (exact) mass is 1470 g/mol. The predicted octanol–water partition coefficient (Wildman–Crippen LogP) is -2.39. The number of methoxy groups -OCH3 is 1. The first-order valence-electron chi connectivity index (χ1n) is 32.2. The SMILES string of the molecule is CCCCC(=O)N[C@@H](CCCN=C(N)N)C(=O)NCC(=O)N[C@H](CSSCC(NC(=O)CNC(=O)CCCOc1cc([N+](=O)[O-])c(C(C)=O)cc1OC)C(=O)NCC(=O)N[C@@H](CCCN=C(N)N)C(=O)N[C@@H](CCCCCC(=O)CCCN=[N+]=[N-])C(N)=O)C(=O)NCC(=O)NCCCC(=O)O. The summed E-state index contributed by atoms with van der Waals surface area (Å²) in [5.41, 5.74) is 35.1. The number of ketones is 2. The number of nitrogens with one attached hydrogen (secondary N) is 10. The van der Waals surface area contributed by atoms with E-state index >= 15 is 0 Å². The number of ether oxygens (including phenoxy) is 2. The number of nitro benzene ring substituents is 1. The summed E-state index contributed by atoms with van der Waals surface area (Å²) in [6.07, 6.45) is 3.46. The Labute approximate surface area is 589 Å². The van der Waals surface area contributed by atoms with E-state index in [1.807, 2.05) is 6.92 Å². The highest BCUT2D eigenvalue weighted by molar-refractivity contribution is 8.76. The smallest absolute Gasteiger partial charge is 0.303 e. The first-order chi connectivity index (χ1) is 48.0. The van der Waals surface area contributed by atoms with Gasteiger partial charge in [0, 0.05) is 80.8 Å². The second-order valence-corrected chi connectivity index (χ2v) is 24.8. The van der Waals surface area contributed by atoms with Crippen molar-refractivity contribution in [3.8, 4) is 11.5 Å². The van der Waals surface area contributed by atoms with Gasteiger partial charge in [-0.05, 0) is 76.7 Å². The maximum absolute atomic E-state index is 14.0. The van der Waals surface area contributed by atoms with Crippen molar-refractivity contribution in [3.63, 3.8) is 0 Å². The van der Waals surface area contributed by atoms with Crippen LogP contribution in [0.1, 0.15) is 140 Å². The fourth-order valence-corrected chi connectivity index (χ4v) is 11.1. The lowest BCUT2D eigenvalue weighted by atomic mass is 10.0. The highest BCUT2D eigenvalue weighted by Crippen LogP contribution is 2.35. The predicted molar refractivity (Wildman–Crippen MR) is 371 cm³/mol. The largest absolute Gasteiger partial charge is 0.493 e. The van der Waals surface area contributed by atoms with Gasteiger partial charge < -0.3 is 96.4 Å². The topological polar surface area (TPSA) is 645 Å². The van der Waals surface area contributed by atoms with Crippen LogP contribution < -0.4 is 91.3 Å². The second kappa shape index (κ2) is 51.9. The normalized spacial score (nSPS) is 12.0. The number of hydrogen-bond acceptors (Lipinski definition) is 23. The molecule has 0 aromatic heterocycles. The van der Waals surface area contributed by atoms with Crippen LogP contribution in [0.2, 0.25) is 0 Å². The van der Waals surface area contributed by atoms with E-state index in [4.69, 9.17) is 48.8 Å². The number of carbonyl (C=O) groups excluding carboxylic acids is 13. The molecule has 1 aromatic carbocycles. The maximum atomic E-state index is 14.0. The van der Waals surface area contributed by atoms with E-state index in [0.717, 1.165) is 40.6 Å². The van der Waals surface area contributed by atoms with Crippen LogP contribution in [0.3, 0.4) is 0 Å². The van der Waals surface area contributed by atoms with E-state index in [1.54, 1.807) is 0 Å². The molecule has 0 bridgehead atoms. The maximum Gasteiger partial charge on any atom is 0.303 e. The van der Waals surface area contributed by atoms with Crippen molar-refractivity contribution >= 4 is 122 Å². The highest BCUT2D eigenvalue weighted by atomic mass is 33.1. The molecular formula is C59H95N21O19S2. The Bertz CT molecular complexity index is 3090. The Hall–Kier alpha value is -10.2. The average molecular weight is 1470 g/mol. The number of guanidine groups is 2. The molecule has 0 saturated heterocycles. The van der Waals surface area contributed by atoms with Gasteiger partial charge in [0.2, 0.25) is 65.0 Å². The molecule has 0 heterocycles. The fraction of sp³-hybridized carbons (Fsp3) is 0.627. The number of amides is 11. The number of carboxylic acid groups (broad SMARTS) is 1. The van der Waals surface area contributed by atoms with Crippen molar-refractivity contribution in [1.29, 1.82) is 0 Å². The van der Waals surface area contributed by atoms with Crippen molar-refractivity contribution in [3.05, 3.63) is 38.3 Å². The number of hydrogen-bond donors (Lipinski definition) is 16. The number of aliphatic imine (C=N–C) groups is 2. The Balaban J connectivity index is 3.46. The van der Waals surface area contributed by atoms with Crippen LogP contribution in [0.15, 0.2) is 27.2 Å². The summed E-state index contributed by atoms with van der Waals surface area (Å²) in [6, 6.07) is -4.60. The summed E-state index contributed by atoms with van der Waals surface area (Å²) < 4.78 is 10.8. The number of carboxylic acids is 1. The van der Waals surface area contributed by atoms with Gasteiger partial charge in [-0.25, -0.2) is 0 Å². The van der Waals surface area contributed by atoms with Crippen molar-refractivity contribution in [2.45, 2.75) is 160 Å². The molecule has 1 rings (SSSR count). The van der Waals surface area contributed by atoms with Crippen LogP contribution in [-0.2, 0) is 62.3 Å². The van der Waals surface area contributed by atoms with E-state index in [1.165, 1.54) is 7.11 Å². The van der Waals surface area contributed by atoms with Crippen LogP contribution in [0, 0.1) is 10.1 Å². The summed E-state index contributed by atoms with van der Waals surface area (Å²) in [6.45, 7) is 0.161. The number of rotatable bonds is 56. The lowest BCUT2D eigenvalue weighted by Gasteiger charge is -2.23. The zero-order valence-corrected chi connectivity index (χ0v) is 58.4. The summed E-state index contributed by atoms with van der Waals surface area (Å²) in [4.78, 5) is 203. The van der Waals surface area contributed by atoms with Gasteiger partial charge in [-0.15, -0.1) is 0 Å². The quantitative estimate of drug-likeness (QED) is 0.00309. The molecular weight excluding hydrogens is 1370 g/mol. The number of primary amides is 1. The first kappa shape index (κ1) is 88.8. The molecule has 0 aliphatic carbocycles. The van der Waals surface area contributed by atoms with E-state index in [-0.39, 0.29) is 156 Å². The van der Waals surface area contributed by atoms with Crippen LogP contribution in [0.5, 0.6) is 11.5 Å². The molecule has 5 atom stereocenters. The van der Waals surface area contributed by atoms with Gasteiger partial charge in [0.1, 0.15) is 36.0 Å². The minimum absolute atomic E-state index is 0.00299. The number of benzene rings is 1. The summed E-state index contributed by atoms with van der Waals surface area (Å²) >= 11 is 0. The van der Waals surface area contributed by atoms with Crippen LogP contribution in [0.25, 0.3) is 10.4 Å². The molecule has 0 aliphatic rings. The molecule has 11 amide bonds. The molecule has 40 nitrogen and oxygen atoms in total. The van der Waals surface area contributed by atoms with E-state index < -0.39 is 144 Å². The van der Waals surface area contributed by atoms with Gasteiger partial charge in [0.05, 0.1) is 56.4 Å². The Kier molecular flexibility index (Phi) is 45.6. The van der Waals surface area contributed by atoms with E-state index in [9.17, 15) is 77.2 Å². The number of aliphatic carboxylic acids is 1.